The minimum atomic E-state index is -0.685. The highest BCUT2D eigenvalue weighted by molar-refractivity contribution is 5.59. The second-order valence-corrected chi connectivity index (χ2v) is 6.34. The van der Waals surface area contributed by atoms with Gasteiger partial charge < -0.3 is 14.3 Å². The Morgan fingerprint density at radius 1 is 1.39 bits per heavy atom. The normalized spacial score (nSPS) is 27.4. The van der Waals surface area contributed by atoms with Crippen LogP contribution >= 0.6 is 0 Å². The number of methoxy groups -OCH3 is 1. The molecule has 0 aliphatic heterocycles. The van der Waals surface area contributed by atoms with Crippen LogP contribution in [0.1, 0.15) is 31.7 Å². The molecular formula is C17H23NO5. The highest BCUT2D eigenvalue weighted by Crippen LogP contribution is 2.41. The van der Waals surface area contributed by atoms with Crippen LogP contribution in [-0.4, -0.2) is 31.0 Å². The Labute approximate surface area is 135 Å². The average molecular weight is 321 g/mol. The van der Waals surface area contributed by atoms with Crippen LogP contribution in [0, 0.1) is 21.4 Å². The molecule has 0 saturated heterocycles. The van der Waals surface area contributed by atoms with E-state index in [-0.39, 0.29) is 23.5 Å². The zero-order valence-corrected chi connectivity index (χ0v) is 13.6. The lowest BCUT2D eigenvalue weighted by molar-refractivity contribution is -0.495. The summed E-state index contributed by atoms with van der Waals surface area (Å²) in [6.45, 7) is 1.94. The van der Waals surface area contributed by atoms with Crippen molar-refractivity contribution in [1.29, 1.82) is 0 Å². The number of carbonyl (C=O) groups excluding carboxylic acids is 1. The van der Waals surface area contributed by atoms with E-state index >= 15 is 0 Å². The summed E-state index contributed by atoms with van der Waals surface area (Å²) in [4.78, 5) is 22.1. The molecule has 0 amide bonds. The monoisotopic (exact) mass is 321 g/mol. The zero-order valence-electron chi connectivity index (χ0n) is 13.6. The van der Waals surface area contributed by atoms with E-state index in [2.05, 4.69) is 0 Å². The van der Waals surface area contributed by atoms with E-state index in [4.69, 9.17) is 9.47 Å². The number of nitro groups is 1. The van der Waals surface area contributed by atoms with Gasteiger partial charge in [-0.05, 0) is 37.0 Å². The fourth-order valence-electron chi connectivity index (χ4n) is 3.25. The Balaban J connectivity index is 2.05. The summed E-state index contributed by atoms with van der Waals surface area (Å²) in [7, 11) is 1.61. The highest BCUT2D eigenvalue weighted by Gasteiger charge is 2.45. The summed E-state index contributed by atoms with van der Waals surface area (Å²) in [6.07, 6.45) is 2.86. The van der Waals surface area contributed by atoms with Crippen molar-refractivity contribution in [2.45, 2.75) is 38.9 Å². The van der Waals surface area contributed by atoms with E-state index in [9.17, 15) is 14.9 Å². The standard InChI is InChI=1S/C17H23NO5/c1-17(12-19)9-3-4-16(15(17)10-18(20)21)23-11-13-5-7-14(22-2)8-6-13/h5-8,12,15-16H,3-4,9-11H2,1-2H3/t15-,16-,17+/m1/s1. The van der Waals surface area contributed by atoms with Crippen LogP contribution in [-0.2, 0) is 16.1 Å². The first-order valence-corrected chi connectivity index (χ1v) is 7.81. The van der Waals surface area contributed by atoms with Crippen molar-refractivity contribution in [2.24, 2.45) is 11.3 Å². The number of hydrogen-bond acceptors (Lipinski definition) is 5. The Hall–Kier alpha value is -1.95. The van der Waals surface area contributed by atoms with Crippen molar-refractivity contribution < 1.29 is 19.2 Å². The van der Waals surface area contributed by atoms with Gasteiger partial charge in [0.1, 0.15) is 12.0 Å². The van der Waals surface area contributed by atoms with Crippen molar-refractivity contribution in [3.05, 3.63) is 39.9 Å². The van der Waals surface area contributed by atoms with E-state index in [1.54, 1.807) is 14.0 Å². The second kappa shape index (κ2) is 7.55. The summed E-state index contributed by atoms with van der Waals surface area (Å²) >= 11 is 0. The van der Waals surface area contributed by atoms with Crippen molar-refractivity contribution in [1.82, 2.24) is 0 Å². The van der Waals surface area contributed by atoms with E-state index in [1.807, 2.05) is 24.3 Å². The van der Waals surface area contributed by atoms with Gasteiger partial charge in [0.25, 0.3) is 0 Å². The maximum Gasteiger partial charge on any atom is 0.210 e. The molecule has 6 nitrogen and oxygen atoms in total. The van der Waals surface area contributed by atoms with Gasteiger partial charge in [-0.25, -0.2) is 0 Å². The van der Waals surface area contributed by atoms with Crippen LogP contribution in [0.2, 0.25) is 0 Å². The van der Waals surface area contributed by atoms with Crippen LogP contribution < -0.4 is 4.74 Å². The number of rotatable bonds is 7. The Kier molecular flexibility index (Phi) is 5.71. The number of nitrogens with zero attached hydrogens (tertiary/aromatic N) is 1. The van der Waals surface area contributed by atoms with Crippen LogP contribution in [0.15, 0.2) is 24.3 Å². The zero-order chi connectivity index (χ0) is 16.9. The van der Waals surface area contributed by atoms with Gasteiger partial charge in [-0.2, -0.15) is 0 Å². The van der Waals surface area contributed by atoms with Gasteiger partial charge in [-0.15, -0.1) is 0 Å². The fraction of sp³-hybridized carbons (Fsp3) is 0.588. The summed E-state index contributed by atoms with van der Waals surface area (Å²) in [5.41, 5.74) is 0.291. The van der Waals surface area contributed by atoms with Gasteiger partial charge in [-0.1, -0.05) is 19.1 Å². The van der Waals surface area contributed by atoms with Crippen LogP contribution in [0.5, 0.6) is 5.75 Å². The third-order valence-electron chi connectivity index (χ3n) is 4.74. The van der Waals surface area contributed by atoms with E-state index in [0.717, 1.165) is 30.4 Å². The first-order chi connectivity index (χ1) is 11.0. The van der Waals surface area contributed by atoms with Crippen LogP contribution in [0.25, 0.3) is 0 Å². The molecule has 0 bridgehead atoms. The molecule has 1 fully saturated rings. The minimum absolute atomic E-state index is 0.234. The second-order valence-electron chi connectivity index (χ2n) is 6.34. The fourth-order valence-corrected chi connectivity index (χ4v) is 3.25. The lowest BCUT2D eigenvalue weighted by atomic mass is 9.67. The first kappa shape index (κ1) is 17.4. The molecule has 6 heteroatoms. The summed E-state index contributed by atoms with van der Waals surface area (Å²) in [6, 6.07) is 7.51. The molecular weight excluding hydrogens is 298 g/mol. The smallest absolute Gasteiger partial charge is 0.210 e. The molecule has 1 saturated carbocycles. The van der Waals surface area contributed by atoms with Gasteiger partial charge in [0.05, 0.1) is 25.7 Å². The van der Waals surface area contributed by atoms with Gasteiger partial charge in [0.2, 0.25) is 6.54 Å². The van der Waals surface area contributed by atoms with Crippen molar-refractivity contribution >= 4 is 6.29 Å². The van der Waals surface area contributed by atoms with Crippen LogP contribution in [0.3, 0.4) is 0 Å². The van der Waals surface area contributed by atoms with Gasteiger partial charge in [0, 0.05) is 10.3 Å². The molecule has 0 aromatic heterocycles. The van der Waals surface area contributed by atoms with E-state index in [0.29, 0.717) is 13.0 Å². The molecule has 2 rings (SSSR count). The molecule has 1 aliphatic carbocycles. The van der Waals surface area contributed by atoms with Gasteiger partial charge in [0.15, 0.2) is 0 Å². The maximum atomic E-state index is 11.5. The molecule has 0 unspecified atom stereocenters. The van der Waals surface area contributed by atoms with Crippen molar-refractivity contribution in [3.63, 3.8) is 0 Å². The molecule has 126 valence electrons. The number of aldehydes is 1. The van der Waals surface area contributed by atoms with E-state index < -0.39 is 5.41 Å². The lowest BCUT2D eigenvalue weighted by Crippen LogP contribution is -2.46. The summed E-state index contributed by atoms with van der Waals surface area (Å²) < 4.78 is 11.1. The third-order valence-corrected chi connectivity index (χ3v) is 4.74. The third kappa shape index (κ3) is 4.28. The van der Waals surface area contributed by atoms with Crippen molar-refractivity contribution in [3.8, 4) is 5.75 Å². The molecule has 1 aromatic carbocycles. The topological polar surface area (TPSA) is 78.7 Å². The number of benzene rings is 1. The minimum Gasteiger partial charge on any atom is -0.497 e. The van der Waals surface area contributed by atoms with Crippen molar-refractivity contribution in [2.75, 3.05) is 13.7 Å². The summed E-state index contributed by atoms with van der Waals surface area (Å²) in [5.74, 6) is 0.383. The summed E-state index contributed by atoms with van der Waals surface area (Å²) in [5, 5.41) is 11.0. The van der Waals surface area contributed by atoms with Gasteiger partial charge >= 0.3 is 0 Å². The molecule has 0 N–H and O–H groups in total. The predicted molar refractivity (Wildman–Crippen MR) is 84.9 cm³/mol. The molecule has 0 radical (unpaired) electrons. The highest BCUT2D eigenvalue weighted by atomic mass is 16.6. The number of ether oxygens (including phenoxy) is 2. The number of hydrogen-bond donors (Lipinski definition) is 0. The molecule has 3 atom stereocenters. The Morgan fingerprint density at radius 3 is 2.65 bits per heavy atom. The number of carbonyl (C=O) groups is 1. The largest absolute Gasteiger partial charge is 0.497 e. The molecule has 1 aromatic rings. The molecule has 0 heterocycles. The maximum absolute atomic E-state index is 11.5. The Bertz CT molecular complexity index is 544. The molecule has 0 spiro atoms. The van der Waals surface area contributed by atoms with Crippen LogP contribution in [0.4, 0.5) is 0 Å². The lowest BCUT2D eigenvalue weighted by Gasteiger charge is -2.40. The first-order valence-electron chi connectivity index (χ1n) is 7.81. The predicted octanol–water partition coefficient (Wildman–Crippen LogP) is 2.86. The Morgan fingerprint density at radius 2 is 2.09 bits per heavy atom. The van der Waals surface area contributed by atoms with E-state index in [1.165, 1.54) is 0 Å². The molecule has 23 heavy (non-hydrogen) atoms. The average Bonchev–Trinajstić information content (AvgIpc) is 2.55. The quantitative estimate of drug-likeness (QED) is 0.438. The molecule has 1 aliphatic rings. The SMILES string of the molecule is COc1ccc(CO[C@@H]2CCC[C@@](C)(C=O)[C@@H]2C[N+](=O)[O-])cc1. The van der Waals surface area contributed by atoms with Gasteiger partial charge in [-0.3, -0.25) is 10.1 Å².